The van der Waals surface area contributed by atoms with Gasteiger partial charge in [-0.15, -0.1) is 0 Å². The molecule has 0 radical (unpaired) electrons. The van der Waals surface area contributed by atoms with Crippen LogP contribution >= 0.6 is 0 Å². The van der Waals surface area contributed by atoms with Gasteiger partial charge in [0.05, 0.1) is 12.2 Å². The van der Waals surface area contributed by atoms with Crippen LogP contribution in [0.5, 0.6) is 0 Å². The Morgan fingerprint density at radius 3 is 2.56 bits per heavy atom. The molecule has 0 aromatic heterocycles. The lowest BCUT2D eigenvalue weighted by Gasteiger charge is -1.91. The van der Waals surface area contributed by atoms with Crippen LogP contribution in [0.15, 0.2) is 0 Å². The summed E-state index contributed by atoms with van der Waals surface area (Å²) in [6, 6.07) is 0. The van der Waals surface area contributed by atoms with Crippen LogP contribution in [-0.4, -0.2) is 23.9 Å². The first-order valence-electron chi connectivity index (χ1n) is 3.61. The second kappa shape index (κ2) is 3.18. The molecule has 2 nitrogen and oxygen atoms in total. The number of unbranched alkanes of at least 4 members (excludes halogenated alkanes) is 1. The molecular formula is C7H14O2. The van der Waals surface area contributed by atoms with Crippen molar-refractivity contribution in [2.45, 2.75) is 38.4 Å². The van der Waals surface area contributed by atoms with Crippen molar-refractivity contribution in [2.75, 3.05) is 6.61 Å². The van der Waals surface area contributed by atoms with Crippen LogP contribution in [0, 0.1) is 0 Å². The first-order chi connectivity index (χ1) is 4.34. The lowest BCUT2D eigenvalue weighted by molar-refractivity contribution is 0.278. The molecule has 0 aromatic rings. The molecule has 1 aliphatic rings. The Bertz CT molecular complexity index is 83.0. The van der Waals surface area contributed by atoms with Gasteiger partial charge in [0.25, 0.3) is 0 Å². The third-order valence-corrected chi connectivity index (χ3v) is 1.73. The molecule has 1 heterocycles. The van der Waals surface area contributed by atoms with E-state index in [0.29, 0.717) is 18.8 Å². The molecule has 0 spiro atoms. The predicted octanol–water partition coefficient (Wildman–Crippen LogP) is 0.936. The zero-order chi connectivity index (χ0) is 6.69. The van der Waals surface area contributed by atoms with Crippen molar-refractivity contribution < 1.29 is 9.84 Å². The second-order valence-electron chi connectivity index (χ2n) is 2.60. The average molecular weight is 130 g/mol. The van der Waals surface area contributed by atoms with E-state index in [0.717, 1.165) is 19.3 Å². The molecule has 9 heavy (non-hydrogen) atoms. The molecule has 2 heteroatoms. The smallest absolute Gasteiger partial charge is 0.0839 e. The fourth-order valence-electron chi connectivity index (χ4n) is 0.990. The van der Waals surface area contributed by atoms with Gasteiger partial charge in [-0.2, -0.15) is 0 Å². The van der Waals surface area contributed by atoms with Gasteiger partial charge in [0.2, 0.25) is 0 Å². The van der Waals surface area contributed by atoms with E-state index in [-0.39, 0.29) is 0 Å². The summed E-state index contributed by atoms with van der Waals surface area (Å²) in [6.45, 7) is 2.41. The fraction of sp³-hybridized carbons (Fsp3) is 1.00. The third-order valence-electron chi connectivity index (χ3n) is 1.73. The fourth-order valence-corrected chi connectivity index (χ4v) is 0.990. The monoisotopic (exact) mass is 130 g/mol. The summed E-state index contributed by atoms with van der Waals surface area (Å²) in [5.41, 5.74) is 0. The minimum atomic E-state index is 0.321. The number of aliphatic hydroxyl groups is 1. The van der Waals surface area contributed by atoms with Crippen molar-refractivity contribution in [3.05, 3.63) is 0 Å². The Morgan fingerprint density at radius 1 is 1.44 bits per heavy atom. The maximum Gasteiger partial charge on any atom is 0.0839 e. The van der Waals surface area contributed by atoms with Gasteiger partial charge >= 0.3 is 0 Å². The minimum absolute atomic E-state index is 0.321. The van der Waals surface area contributed by atoms with Gasteiger partial charge in [0.1, 0.15) is 0 Å². The number of hydrogen-bond donors (Lipinski definition) is 1. The highest BCUT2D eigenvalue weighted by Gasteiger charge is 2.32. The summed E-state index contributed by atoms with van der Waals surface area (Å²) >= 11 is 0. The molecule has 0 saturated carbocycles. The molecule has 1 saturated heterocycles. The minimum Gasteiger partial charge on any atom is -0.396 e. The Balaban J connectivity index is 1.83. The lowest BCUT2D eigenvalue weighted by Crippen LogP contribution is -1.90. The highest BCUT2D eigenvalue weighted by atomic mass is 16.6. The van der Waals surface area contributed by atoms with Crippen molar-refractivity contribution in [2.24, 2.45) is 0 Å². The van der Waals surface area contributed by atoms with E-state index in [9.17, 15) is 0 Å². The Kier molecular flexibility index (Phi) is 2.49. The molecule has 1 fully saturated rings. The topological polar surface area (TPSA) is 32.8 Å². The van der Waals surface area contributed by atoms with Crippen molar-refractivity contribution >= 4 is 0 Å². The number of rotatable bonds is 4. The molecule has 1 rings (SSSR count). The van der Waals surface area contributed by atoms with Crippen molar-refractivity contribution in [3.8, 4) is 0 Å². The molecular weight excluding hydrogens is 116 g/mol. The largest absolute Gasteiger partial charge is 0.396 e. The van der Waals surface area contributed by atoms with E-state index in [4.69, 9.17) is 9.84 Å². The van der Waals surface area contributed by atoms with Gasteiger partial charge in [-0.3, -0.25) is 0 Å². The van der Waals surface area contributed by atoms with Crippen molar-refractivity contribution in [1.29, 1.82) is 0 Å². The van der Waals surface area contributed by atoms with E-state index in [2.05, 4.69) is 6.92 Å². The van der Waals surface area contributed by atoms with Crippen LogP contribution in [0.4, 0.5) is 0 Å². The van der Waals surface area contributed by atoms with Crippen molar-refractivity contribution in [3.63, 3.8) is 0 Å². The summed E-state index contributed by atoms with van der Waals surface area (Å²) in [7, 11) is 0. The molecule has 0 aliphatic carbocycles. The van der Waals surface area contributed by atoms with Gasteiger partial charge in [-0.05, 0) is 26.2 Å². The molecule has 1 aliphatic heterocycles. The molecule has 0 unspecified atom stereocenters. The normalized spacial score (nSPS) is 32.7. The standard InChI is InChI=1S/C7H14O2/c1-6-7(9-6)4-2-3-5-8/h6-8H,2-5H2,1H3/t6-,7-/m0/s1. The number of aliphatic hydroxyl groups excluding tert-OH is 1. The molecule has 0 bridgehead atoms. The Morgan fingerprint density at radius 2 is 2.11 bits per heavy atom. The molecule has 1 N–H and O–H groups in total. The third kappa shape index (κ3) is 2.33. The van der Waals surface area contributed by atoms with Crippen LogP contribution in [0.1, 0.15) is 26.2 Å². The van der Waals surface area contributed by atoms with Crippen LogP contribution in [0.2, 0.25) is 0 Å². The van der Waals surface area contributed by atoms with Crippen molar-refractivity contribution in [1.82, 2.24) is 0 Å². The maximum atomic E-state index is 8.42. The molecule has 0 aromatic carbocycles. The molecule has 0 amide bonds. The van der Waals surface area contributed by atoms with Crippen LogP contribution in [0.25, 0.3) is 0 Å². The second-order valence-corrected chi connectivity index (χ2v) is 2.60. The zero-order valence-corrected chi connectivity index (χ0v) is 5.84. The van der Waals surface area contributed by atoms with Gasteiger partial charge < -0.3 is 9.84 Å². The lowest BCUT2D eigenvalue weighted by atomic mass is 10.2. The summed E-state index contributed by atoms with van der Waals surface area (Å²) in [5.74, 6) is 0. The highest BCUT2D eigenvalue weighted by molar-refractivity contribution is 4.79. The van der Waals surface area contributed by atoms with E-state index in [1.807, 2.05) is 0 Å². The molecule has 2 atom stereocenters. The highest BCUT2D eigenvalue weighted by Crippen LogP contribution is 2.25. The SMILES string of the molecule is C[C@@H]1O[C@H]1CCCCO. The first kappa shape index (κ1) is 7.03. The van der Waals surface area contributed by atoms with E-state index in [1.54, 1.807) is 0 Å². The Labute approximate surface area is 55.8 Å². The summed E-state index contributed by atoms with van der Waals surface area (Å²) in [6.07, 6.45) is 4.15. The number of hydrogen-bond acceptors (Lipinski definition) is 2. The van der Waals surface area contributed by atoms with Crippen LogP contribution in [-0.2, 0) is 4.74 Å². The maximum absolute atomic E-state index is 8.42. The summed E-state index contributed by atoms with van der Waals surface area (Å²) in [5, 5.41) is 8.42. The number of epoxide rings is 1. The van der Waals surface area contributed by atoms with Gasteiger partial charge in [-0.25, -0.2) is 0 Å². The van der Waals surface area contributed by atoms with Gasteiger partial charge in [-0.1, -0.05) is 0 Å². The first-order valence-corrected chi connectivity index (χ1v) is 3.61. The van der Waals surface area contributed by atoms with Crippen LogP contribution in [0.3, 0.4) is 0 Å². The summed E-state index contributed by atoms with van der Waals surface area (Å²) in [4.78, 5) is 0. The predicted molar refractivity (Wildman–Crippen MR) is 35.3 cm³/mol. The van der Waals surface area contributed by atoms with Gasteiger partial charge in [0.15, 0.2) is 0 Å². The van der Waals surface area contributed by atoms with E-state index >= 15 is 0 Å². The van der Waals surface area contributed by atoms with E-state index in [1.165, 1.54) is 0 Å². The average Bonchev–Trinajstić information content (AvgIpc) is 2.48. The zero-order valence-electron chi connectivity index (χ0n) is 5.84. The van der Waals surface area contributed by atoms with Crippen LogP contribution < -0.4 is 0 Å². The van der Waals surface area contributed by atoms with Gasteiger partial charge in [0, 0.05) is 6.61 Å². The molecule has 54 valence electrons. The van der Waals surface area contributed by atoms with E-state index < -0.39 is 0 Å². The quantitative estimate of drug-likeness (QED) is 0.453. The number of ether oxygens (including phenoxy) is 1. The summed E-state index contributed by atoms with van der Waals surface area (Å²) < 4.78 is 5.18. The Hall–Kier alpha value is -0.0800.